The number of aromatic nitrogens is 5. The molecule has 3 heterocycles. The van der Waals surface area contributed by atoms with Gasteiger partial charge in [0.1, 0.15) is 18.2 Å². The van der Waals surface area contributed by atoms with Crippen molar-refractivity contribution < 1.29 is 13.6 Å². The van der Waals surface area contributed by atoms with Crippen LogP contribution in [0.15, 0.2) is 73.2 Å². The van der Waals surface area contributed by atoms with E-state index in [-0.39, 0.29) is 30.6 Å². The van der Waals surface area contributed by atoms with Gasteiger partial charge in [-0.1, -0.05) is 30.3 Å². The highest BCUT2D eigenvalue weighted by Gasteiger charge is 2.16. The SMILES string of the molecule is Cc1nn(CC(=O)Nc2cnn(Cc3ccccc3F)c2)c2nccc(-c3ccc(F)cc3)c12. The minimum absolute atomic E-state index is 0.0529. The van der Waals surface area contributed by atoms with E-state index in [9.17, 15) is 13.6 Å². The molecule has 34 heavy (non-hydrogen) atoms. The molecule has 170 valence electrons. The van der Waals surface area contributed by atoms with Crippen LogP contribution >= 0.6 is 0 Å². The maximum Gasteiger partial charge on any atom is 0.246 e. The number of pyridine rings is 1. The third-order valence-electron chi connectivity index (χ3n) is 5.46. The molecule has 0 unspecified atom stereocenters. The first-order valence-corrected chi connectivity index (χ1v) is 10.6. The molecule has 0 aliphatic carbocycles. The van der Waals surface area contributed by atoms with Crippen molar-refractivity contribution in [1.29, 1.82) is 0 Å². The van der Waals surface area contributed by atoms with Crippen LogP contribution in [0.1, 0.15) is 11.3 Å². The molecule has 0 aliphatic rings. The molecular weight excluding hydrogens is 438 g/mol. The van der Waals surface area contributed by atoms with Gasteiger partial charge >= 0.3 is 0 Å². The Morgan fingerprint density at radius 3 is 2.65 bits per heavy atom. The number of rotatable bonds is 6. The predicted octanol–water partition coefficient (Wildman–Crippen LogP) is 4.57. The Morgan fingerprint density at radius 1 is 1.06 bits per heavy atom. The quantitative estimate of drug-likeness (QED) is 0.404. The first-order chi connectivity index (χ1) is 16.5. The zero-order chi connectivity index (χ0) is 23.7. The van der Waals surface area contributed by atoms with E-state index in [4.69, 9.17) is 0 Å². The van der Waals surface area contributed by atoms with Crippen LogP contribution in [0.5, 0.6) is 0 Å². The number of nitrogens with one attached hydrogen (secondary N) is 1. The van der Waals surface area contributed by atoms with Gasteiger partial charge in [0.2, 0.25) is 5.91 Å². The molecule has 0 radical (unpaired) electrons. The van der Waals surface area contributed by atoms with Gasteiger partial charge < -0.3 is 5.32 Å². The topological polar surface area (TPSA) is 77.6 Å². The lowest BCUT2D eigenvalue weighted by Crippen LogP contribution is -2.19. The Bertz CT molecular complexity index is 1490. The summed E-state index contributed by atoms with van der Waals surface area (Å²) in [5, 5.41) is 12.3. The summed E-state index contributed by atoms with van der Waals surface area (Å²) in [5.74, 6) is -0.920. The summed E-state index contributed by atoms with van der Waals surface area (Å²) in [7, 11) is 0. The van der Waals surface area contributed by atoms with Crippen LogP contribution in [0, 0.1) is 18.6 Å². The molecule has 0 fully saturated rings. The summed E-state index contributed by atoms with van der Waals surface area (Å²) in [6, 6.07) is 14.5. The molecule has 0 saturated carbocycles. The Labute approximate surface area is 193 Å². The molecule has 0 bridgehead atoms. The number of fused-ring (bicyclic) bond motifs is 1. The van der Waals surface area contributed by atoms with Gasteiger partial charge in [0, 0.05) is 23.3 Å². The second-order valence-electron chi connectivity index (χ2n) is 7.87. The van der Waals surface area contributed by atoms with Gasteiger partial charge in [0.05, 0.1) is 24.1 Å². The van der Waals surface area contributed by atoms with Gasteiger partial charge in [-0.25, -0.2) is 18.4 Å². The van der Waals surface area contributed by atoms with Crippen LogP contribution in [0.4, 0.5) is 14.5 Å². The maximum atomic E-state index is 13.9. The van der Waals surface area contributed by atoms with Crippen LogP contribution in [0.2, 0.25) is 0 Å². The first-order valence-electron chi connectivity index (χ1n) is 10.6. The number of halogens is 2. The molecule has 0 aliphatic heterocycles. The summed E-state index contributed by atoms with van der Waals surface area (Å²) in [6.45, 7) is 2.04. The summed E-state index contributed by atoms with van der Waals surface area (Å²) in [5.41, 5.74) is 3.98. The Balaban J connectivity index is 1.34. The molecule has 0 atom stereocenters. The van der Waals surface area contributed by atoms with Crippen molar-refractivity contribution in [2.24, 2.45) is 0 Å². The number of aryl methyl sites for hydroxylation is 1. The minimum atomic E-state index is -0.310. The zero-order valence-corrected chi connectivity index (χ0v) is 18.2. The van der Waals surface area contributed by atoms with E-state index in [1.807, 2.05) is 13.0 Å². The number of benzene rings is 2. The van der Waals surface area contributed by atoms with Crippen molar-refractivity contribution >= 4 is 22.6 Å². The Kier molecular flexibility index (Phi) is 5.59. The summed E-state index contributed by atoms with van der Waals surface area (Å²) >= 11 is 0. The van der Waals surface area contributed by atoms with Gasteiger partial charge in [-0.15, -0.1) is 0 Å². The van der Waals surface area contributed by atoms with Crippen molar-refractivity contribution in [3.63, 3.8) is 0 Å². The lowest BCUT2D eigenvalue weighted by atomic mass is 10.0. The van der Waals surface area contributed by atoms with Crippen molar-refractivity contribution in [2.75, 3.05) is 5.32 Å². The number of hydrogen-bond acceptors (Lipinski definition) is 4. The number of carbonyl (C=O) groups excluding carboxylic acids is 1. The largest absolute Gasteiger partial charge is 0.322 e. The molecule has 0 spiro atoms. The van der Waals surface area contributed by atoms with E-state index < -0.39 is 0 Å². The Morgan fingerprint density at radius 2 is 1.85 bits per heavy atom. The number of nitrogens with zero attached hydrogens (tertiary/aromatic N) is 5. The van der Waals surface area contributed by atoms with Gasteiger partial charge in [0.25, 0.3) is 0 Å². The van der Waals surface area contributed by atoms with Gasteiger partial charge in [-0.2, -0.15) is 10.2 Å². The molecular formula is C25H20F2N6O. The lowest BCUT2D eigenvalue weighted by Gasteiger charge is -2.06. The van der Waals surface area contributed by atoms with Crippen molar-refractivity contribution in [1.82, 2.24) is 24.5 Å². The lowest BCUT2D eigenvalue weighted by molar-refractivity contribution is -0.116. The van der Waals surface area contributed by atoms with Crippen LogP contribution < -0.4 is 5.32 Å². The third kappa shape index (κ3) is 4.27. The van der Waals surface area contributed by atoms with E-state index in [0.717, 1.165) is 16.5 Å². The zero-order valence-electron chi connectivity index (χ0n) is 18.2. The highest BCUT2D eigenvalue weighted by atomic mass is 19.1. The molecule has 1 amide bonds. The molecule has 9 heteroatoms. The fourth-order valence-electron chi connectivity index (χ4n) is 3.91. The monoisotopic (exact) mass is 458 g/mol. The minimum Gasteiger partial charge on any atom is -0.322 e. The van der Waals surface area contributed by atoms with Gasteiger partial charge in [-0.05, 0) is 42.3 Å². The smallest absolute Gasteiger partial charge is 0.246 e. The van der Waals surface area contributed by atoms with Crippen molar-refractivity contribution in [3.05, 3.63) is 96.1 Å². The number of amides is 1. The fourth-order valence-corrected chi connectivity index (χ4v) is 3.91. The van der Waals surface area contributed by atoms with E-state index >= 15 is 0 Å². The first kappa shape index (κ1) is 21.4. The number of carbonyl (C=O) groups is 1. The molecule has 1 N–H and O–H groups in total. The van der Waals surface area contributed by atoms with Gasteiger partial charge in [0.15, 0.2) is 5.65 Å². The van der Waals surface area contributed by atoms with Gasteiger partial charge in [-0.3, -0.25) is 9.48 Å². The van der Waals surface area contributed by atoms with E-state index in [0.29, 0.717) is 22.6 Å². The third-order valence-corrected chi connectivity index (χ3v) is 5.46. The van der Waals surface area contributed by atoms with Crippen LogP contribution in [0.3, 0.4) is 0 Å². The second kappa shape index (κ2) is 8.86. The van der Waals surface area contributed by atoms with Crippen LogP contribution in [0.25, 0.3) is 22.2 Å². The van der Waals surface area contributed by atoms with E-state index in [2.05, 4.69) is 20.5 Å². The van der Waals surface area contributed by atoms with E-state index in [1.165, 1.54) is 29.1 Å². The summed E-state index contributed by atoms with van der Waals surface area (Å²) in [4.78, 5) is 17.1. The molecule has 0 saturated heterocycles. The number of hydrogen-bond donors (Lipinski definition) is 1. The maximum absolute atomic E-state index is 13.9. The standard InChI is InChI=1S/C25H20F2N6O/c1-16-24-21(17-6-8-19(26)9-7-17)10-11-28-25(24)33(31-16)15-23(34)30-20-12-29-32(14-20)13-18-4-2-3-5-22(18)27/h2-12,14H,13,15H2,1H3,(H,30,34). The van der Waals surface area contributed by atoms with Crippen LogP contribution in [-0.2, 0) is 17.9 Å². The Hall–Kier alpha value is -4.40. The number of anilines is 1. The van der Waals surface area contributed by atoms with Crippen LogP contribution in [-0.4, -0.2) is 30.5 Å². The molecule has 2 aromatic carbocycles. The molecule has 7 nitrogen and oxygen atoms in total. The normalized spacial score (nSPS) is 11.1. The van der Waals surface area contributed by atoms with Crippen molar-refractivity contribution in [2.45, 2.75) is 20.0 Å². The highest BCUT2D eigenvalue weighted by Crippen LogP contribution is 2.30. The van der Waals surface area contributed by atoms with E-state index in [1.54, 1.807) is 47.4 Å². The molecule has 3 aromatic heterocycles. The highest BCUT2D eigenvalue weighted by molar-refractivity contribution is 5.96. The predicted molar refractivity (Wildman–Crippen MR) is 124 cm³/mol. The summed E-state index contributed by atoms with van der Waals surface area (Å²) in [6.07, 6.45) is 4.79. The molecule has 5 rings (SSSR count). The average molecular weight is 458 g/mol. The van der Waals surface area contributed by atoms with Crippen molar-refractivity contribution in [3.8, 4) is 11.1 Å². The summed E-state index contributed by atoms with van der Waals surface area (Å²) < 4.78 is 30.3. The second-order valence-corrected chi connectivity index (χ2v) is 7.87. The fraction of sp³-hybridized carbons (Fsp3) is 0.120. The average Bonchev–Trinajstić information content (AvgIpc) is 3.39. The molecule has 5 aromatic rings.